The number of hydrogen-bond acceptors (Lipinski definition) is 39. The van der Waals surface area contributed by atoms with Gasteiger partial charge in [-0.25, -0.2) is 64.7 Å². The van der Waals surface area contributed by atoms with Gasteiger partial charge < -0.3 is 73.3 Å². The molecule has 0 saturated carbocycles. The summed E-state index contributed by atoms with van der Waals surface area (Å²) in [6.45, 7) is 5.46. The fraction of sp³-hybridized carbons (Fsp3) is 0.152. The molecule has 15 aromatic rings. The number of ether oxygens (including phenoxy) is 6. The number of nitrogens with zero attached hydrogens (tertiary/aromatic N) is 12. The van der Waals surface area contributed by atoms with Gasteiger partial charge in [0.1, 0.15) is 99.0 Å². The number of fused-ring (bicyclic) bond motifs is 3. The van der Waals surface area contributed by atoms with Crippen LogP contribution in [0.25, 0.3) is 32.3 Å². The van der Waals surface area contributed by atoms with E-state index in [0.717, 1.165) is 33.8 Å². The Kier molecular flexibility index (Phi) is 46.6. The van der Waals surface area contributed by atoms with Gasteiger partial charge in [0.15, 0.2) is 17.2 Å². The average Bonchev–Trinajstić information content (AvgIpc) is 0.768. The molecule has 0 saturated heterocycles. The molecule has 0 amide bonds. The quantitative estimate of drug-likeness (QED) is 0.0115. The van der Waals surface area contributed by atoms with E-state index in [2.05, 4.69) is 91.5 Å². The molecule has 0 bridgehead atoms. The number of phenolic OH excluding ortho intramolecular Hbond substituents is 3. The minimum Gasteiger partial charge on any atom is -0.744 e. The smallest absolute Gasteiger partial charge is 0.744 e. The Hall–Kier alpha value is -13.3. The van der Waals surface area contributed by atoms with E-state index in [-0.39, 0.29) is 120 Å². The maximum atomic E-state index is 12.1. The summed E-state index contributed by atoms with van der Waals surface area (Å²) in [5.41, 5.74) is 7.94. The molecule has 15 rings (SSSR count). The molecule has 0 unspecified atom stereocenters. The molecule has 0 aliphatic rings. The number of azo groups is 6. The average molecular weight is 2190 g/mol. The maximum absolute atomic E-state index is 12.1. The zero-order valence-electron chi connectivity index (χ0n) is 84.2. The van der Waals surface area contributed by atoms with Gasteiger partial charge in [0.05, 0.1) is 89.1 Å². The number of methoxy groups -OCH3 is 6. The first-order valence-corrected chi connectivity index (χ1v) is 51.8. The van der Waals surface area contributed by atoms with Crippen molar-refractivity contribution in [1.82, 2.24) is 14.2 Å². The first kappa shape index (κ1) is 124. The van der Waals surface area contributed by atoms with Crippen molar-refractivity contribution < 1.29 is 197 Å². The summed E-state index contributed by atoms with van der Waals surface area (Å²) < 4.78 is 215. The number of sulfonamides is 3. The van der Waals surface area contributed by atoms with Crippen molar-refractivity contribution in [2.24, 2.45) is 61.4 Å². The van der Waals surface area contributed by atoms with Gasteiger partial charge in [-0.05, 0) is 275 Å². The van der Waals surface area contributed by atoms with Gasteiger partial charge in [-0.1, -0.05) is 54.6 Å². The van der Waals surface area contributed by atoms with Crippen LogP contribution in [0.1, 0.15) is 16.7 Å². The second kappa shape index (κ2) is 56.6. The molecule has 150 heavy (non-hydrogen) atoms. The number of phenols is 3. The number of aromatic hydroxyl groups is 3. The van der Waals surface area contributed by atoms with Gasteiger partial charge in [0.25, 0.3) is 0 Å². The third-order valence-corrected chi connectivity index (χ3v) is 27.7. The maximum Gasteiger partial charge on any atom is 1.00 e. The van der Waals surface area contributed by atoms with Crippen LogP contribution in [0, 0.1) is 20.8 Å². The van der Waals surface area contributed by atoms with Gasteiger partial charge in [-0.3, -0.25) is 0 Å². The topological polar surface area (TPSA) is 611 Å². The molecule has 0 heterocycles. The number of aryl methyl sites for hydroxylation is 3. The Balaban J connectivity index is 0.000000254. The van der Waals surface area contributed by atoms with Crippen LogP contribution in [0.2, 0.25) is 0 Å². The molecule has 15 aromatic carbocycles. The first-order valence-electron chi connectivity index (χ1n) is 43.1. The predicted molar refractivity (Wildman–Crippen MR) is 555 cm³/mol. The molecule has 0 atom stereocenters. The summed E-state index contributed by atoms with van der Waals surface area (Å²) in [5.74, 6) is 1.16. The molecule has 9 N–H and O–H groups in total. The van der Waals surface area contributed by atoms with E-state index in [9.17, 15) is 79.5 Å². The molecule has 0 fully saturated rings. The van der Waals surface area contributed by atoms with Gasteiger partial charge >= 0.3 is 88.7 Å². The Labute approximate surface area is 933 Å². The van der Waals surface area contributed by atoms with Crippen molar-refractivity contribution in [2.75, 3.05) is 101 Å². The van der Waals surface area contributed by atoms with Crippen molar-refractivity contribution in [3.63, 3.8) is 0 Å². The van der Waals surface area contributed by atoms with Gasteiger partial charge in [0, 0.05) is 89.6 Å². The van der Waals surface area contributed by atoms with Crippen LogP contribution in [-0.2, 0) is 60.4 Å². The number of hydrogen-bond donors (Lipinski definition) is 9. The molecule has 0 spiro atoms. The van der Waals surface area contributed by atoms with Gasteiger partial charge in [-0.2, -0.15) is 30.7 Å². The van der Waals surface area contributed by atoms with Crippen molar-refractivity contribution in [1.29, 1.82) is 0 Å². The van der Waals surface area contributed by atoms with E-state index in [1.165, 1.54) is 118 Å². The fourth-order valence-corrected chi connectivity index (χ4v) is 17.8. The molecule has 0 aliphatic carbocycles. The summed E-state index contributed by atoms with van der Waals surface area (Å²) in [6, 6.07) is 74.6. The van der Waals surface area contributed by atoms with Crippen molar-refractivity contribution >= 4 is 178 Å². The minimum atomic E-state index is -5.00. The van der Waals surface area contributed by atoms with Crippen LogP contribution in [0.15, 0.2) is 364 Å². The third kappa shape index (κ3) is 33.4. The SMILES string of the molecule is CN=Nc1ccc(S(=O)(=O)NC)cc1.CN=Nc1ccc(S(=O)(=O)NC)cc1.CN=Nc1ccc(S(=O)(=O)NC)cc1.COc1cc(N=Nc2c(S(=O)(=O)[O-])cc3cc(Nc4ccccc4)ccc3c2O)c(OC)cc1C.COc1cc(N=Nc2c(S(=O)(=O)[O-])cc3cc(Nc4ccccc4)ccc3c2O)c(OC)cc1C.COc1cc(N=Nc2c(S(=O)(=O)[O-])cc3cc(Nc4ccccc4)ccc3c2O)c(OC)cc1C.[Na+].[Na+].[Na+]. The number of rotatable bonds is 30. The Morgan fingerprint density at radius 2 is 0.480 bits per heavy atom. The largest absolute Gasteiger partial charge is 1.00 e. The van der Waals surface area contributed by atoms with E-state index >= 15 is 0 Å². The van der Waals surface area contributed by atoms with Crippen LogP contribution in [0.3, 0.4) is 0 Å². The second-order valence-electron chi connectivity index (χ2n) is 30.4. The second-order valence-corrected chi connectivity index (χ2v) is 40.1. The molecular formula is C99H99N18Na3O24S6. The zero-order valence-corrected chi connectivity index (χ0v) is 95.1. The summed E-state index contributed by atoms with van der Waals surface area (Å²) in [7, 11) is -7.46. The number of benzene rings is 15. The molecule has 768 valence electrons. The molecule has 42 nitrogen and oxygen atoms in total. The van der Waals surface area contributed by atoms with Crippen LogP contribution in [0.4, 0.5) is 85.3 Å². The summed E-state index contributed by atoms with van der Waals surface area (Å²) >= 11 is 0. The normalized spacial score (nSPS) is 11.6. The first-order chi connectivity index (χ1) is 69.9. The van der Waals surface area contributed by atoms with Crippen molar-refractivity contribution in [3.8, 4) is 51.7 Å². The van der Waals surface area contributed by atoms with E-state index in [1.807, 2.05) is 112 Å². The number of nitrogens with one attached hydrogen (secondary N) is 6. The van der Waals surface area contributed by atoms with Crippen LogP contribution in [0.5, 0.6) is 51.7 Å². The van der Waals surface area contributed by atoms with E-state index in [4.69, 9.17) is 28.4 Å². The molecule has 0 aliphatic heterocycles. The zero-order chi connectivity index (χ0) is 107. The van der Waals surface area contributed by atoms with E-state index in [1.54, 1.807) is 149 Å². The van der Waals surface area contributed by atoms with E-state index in [0.29, 0.717) is 101 Å². The van der Waals surface area contributed by atoms with Gasteiger partial charge in [0.2, 0.25) is 30.1 Å². The number of para-hydroxylation sites is 3. The Bertz CT molecular complexity index is 7470. The minimum absolute atomic E-state index is 0. The van der Waals surface area contributed by atoms with Crippen LogP contribution < -0.4 is 147 Å². The molecule has 0 aromatic heterocycles. The predicted octanol–water partition coefficient (Wildman–Crippen LogP) is 12.7. The monoisotopic (exact) mass is 2180 g/mol. The summed E-state index contributed by atoms with van der Waals surface area (Å²) in [4.78, 5) is -1.43. The summed E-state index contributed by atoms with van der Waals surface area (Å²) in [5, 5.41) is 90.2. The molecule has 0 radical (unpaired) electrons. The third-order valence-electron chi connectivity index (χ3n) is 20.9. The standard InChI is InChI=1S/3C25H23N3O6S.3C8H11N3O2S.3Na/c3*1-15-11-22(34-3)20(14-21(15)33-2)27-28-24-23(35(30,31)32)13-16-12-18(9-10-19(16)25(24)29)26-17-7-5-4-6-8-17;3*1-9-11-7-3-5-8(6-4-7)14(12,13)10-2;;;/h3*4-14,26,29H,1-3H3,(H,30,31,32);3*3-6,10H,1-2H3;;;/q;;;;;;3*+1/p-3. The van der Waals surface area contributed by atoms with E-state index < -0.39 is 109 Å². The van der Waals surface area contributed by atoms with Gasteiger partial charge in [-0.15, -0.1) is 30.7 Å². The Morgan fingerprint density at radius 1 is 0.260 bits per heavy atom. The fourth-order valence-electron chi connectivity index (χ4n) is 13.6. The van der Waals surface area contributed by atoms with Crippen LogP contribution in [-0.4, -0.2) is 164 Å². The molecular weight excluding hydrogens is 2090 g/mol. The van der Waals surface area contributed by atoms with Crippen LogP contribution >= 0.6 is 0 Å². The molecule has 51 heteroatoms. The van der Waals surface area contributed by atoms with Crippen molar-refractivity contribution in [3.05, 3.63) is 290 Å². The summed E-state index contributed by atoms with van der Waals surface area (Å²) in [6.07, 6.45) is 0. The number of anilines is 6. The Morgan fingerprint density at radius 3 is 0.673 bits per heavy atom. The van der Waals surface area contributed by atoms with Crippen molar-refractivity contribution in [2.45, 2.75) is 50.1 Å².